The first-order valence-corrected chi connectivity index (χ1v) is 11.3. The lowest BCUT2D eigenvalue weighted by Gasteiger charge is -2.40. The smallest absolute Gasteiger partial charge is 0.362 e. The average molecular weight is 476 g/mol. The molecule has 0 bridgehead atoms. The minimum Gasteiger partial charge on any atom is -0.465 e. The largest absolute Gasteiger partial charge is 0.465 e. The highest BCUT2D eigenvalue weighted by Crippen LogP contribution is 2.27. The van der Waals surface area contributed by atoms with E-state index in [1.165, 1.54) is 13.2 Å². The predicted octanol–water partition coefficient (Wildman–Crippen LogP) is 4.36. The van der Waals surface area contributed by atoms with Crippen molar-refractivity contribution in [3.05, 3.63) is 64.2 Å². The van der Waals surface area contributed by atoms with Crippen LogP contribution in [0.5, 0.6) is 0 Å². The minimum atomic E-state index is -0.597. The molecule has 178 valence electrons. The van der Waals surface area contributed by atoms with E-state index >= 15 is 0 Å². The molecule has 0 radical (unpaired) electrons. The van der Waals surface area contributed by atoms with Crippen LogP contribution in [0, 0.1) is 6.92 Å². The van der Waals surface area contributed by atoms with Crippen molar-refractivity contribution in [3.8, 4) is 0 Å². The monoisotopic (exact) mass is 475 g/mol. The summed E-state index contributed by atoms with van der Waals surface area (Å²) in [6.07, 6.45) is 0. The van der Waals surface area contributed by atoms with Crippen LogP contribution in [0.15, 0.2) is 42.5 Å². The van der Waals surface area contributed by atoms with E-state index in [1.54, 1.807) is 19.9 Å². The summed E-state index contributed by atoms with van der Waals surface area (Å²) in [7, 11) is 1.27. The predicted molar refractivity (Wildman–Crippen MR) is 128 cm³/mol. The van der Waals surface area contributed by atoms with Crippen molar-refractivity contribution in [1.29, 1.82) is 0 Å². The summed E-state index contributed by atoms with van der Waals surface area (Å²) in [5.41, 5.74) is 2.06. The van der Waals surface area contributed by atoms with Gasteiger partial charge in [-0.3, -0.25) is 4.79 Å². The molecule has 0 saturated carbocycles. The molecule has 0 aromatic heterocycles. The van der Waals surface area contributed by atoms with Gasteiger partial charge in [-0.2, -0.15) is 0 Å². The molecule has 2 aromatic rings. The summed E-state index contributed by atoms with van der Waals surface area (Å²) in [5.74, 6) is -1.29. The van der Waals surface area contributed by atoms with Gasteiger partial charge in [0, 0.05) is 5.02 Å². The lowest BCUT2D eigenvalue weighted by atomic mass is 10.1. The fraction of sp³-hybridized carbons (Fsp3) is 0.400. The zero-order valence-corrected chi connectivity index (χ0v) is 20.6. The van der Waals surface area contributed by atoms with Gasteiger partial charge in [-0.1, -0.05) is 41.9 Å². The molecule has 0 spiro atoms. The first kappa shape index (κ1) is 26.4. The van der Waals surface area contributed by atoms with Gasteiger partial charge in [0.05, 0.1) is 31.5 Å². The molecule has 0 aliphatic carbocycles. The Labute approximate surface area is 200 Å². The number of anilines is 1. The highest BCUT2D eigenvalue weighted by atomic mass is 35.5. The Balaban J connectivity index is 2.20. The van der Waals surface area contributed by atoms with Gasteiger partial charge < -0.3 is 19.3 Å². The number of nitrogens with zero attached hydrogens (tertiary/aromatic N) is 1. The molecule has 0 saturated heterocycles. The third-order valence-electron chi connectivity index (χ3n) is 6.10. The molecule has 2 aromatic carbocycles. The number of carbonyl (C=O) groups is 3. The highest BCUT2D eigenvalue weighted by molar-refractivity contribution is 6.31. The molecule has 0 aliphatic rings. The summed E-state index contributed by atoms with van der Waals surface area (Å²) in [6, 6.07) is 12.0. The first-order chi connectivity index (χ1) is 15.7. The van der Waals surface area contributed by atoms with Crippen molar-refractivity contribution in [2.45, 2.75) is 40.3 Å². The van der Waals surface area contributed by atoms with Crippen LogP contribution >= 0.6 is 11.6 Å². The zero-order valence-electron chi connectivity index (χ0n) is 19.8. The van der Waals surface area contributed by atoms with Crippen LogP contribution in [0.1, 0.15) is 42.3 Å². The van der Waals surface area contributed by atoms with Crippen molar-refractivity contribution in [2.75, 3.05) is 32.1 Å². The Morgan fingerprint density at radius 2 is 1.73 bits per heavy atom. The number of benzene rings is 2. The molecule has 8 heteroatoms. The van der Waals surface area contributed by atoms with Crippen LogP contribution in [0.2, 0.25) is 5.02 Å². The molecule has 1 atom stereocenters. The number of carbonyl (C=O) groups excluding carboxylic acids is 3. The number of hydrogen-bond acceptors (Lipinski definition) is 5. The molecule has 2 rings (SSSR count). The Morgan fingerprint density at radius 3 is 2.30 bits per heavy atom. The standard InChI is InChI=1S/C25H31ClN2O5/c1-6-28(7-2,15-22(29)33-16-19-11-9-8-10-12-19)18(4)24(30)27-23-17(3)13-20(26)14-21(23)25(31)32-5/h8-14,18H,6-7,15-16H2,1-5H3/p+1. The number of likely N-dealkylation sites (N-methyl/N-ethyl adjacent to an activating group) is 1. The molecule has 1 amide bonds. The number of aryl methyl sites for hydroxylation is 1. The van der Waals surface area contributed by atoms with E-state index in [1.807, 2.05) is 44.2 Å². The second kappa shape index (κ2) is 11.8. The summed E-state index contributed by atoms with van der Waals surface area (Å²) >= 11 is 6.10. The maximum Gasteiger partial charge on any atom is 0.362 e. The zero-order chi connectivity index (χ0) is 24.6. The van der Waals surface area contributed by atoms with Gasteiger partial charge >= 0.3 is 11.9 Å². The normalized spacial score (nSPS) is 12.1. The number of amides is 1. The van der Waals surface area contributed by atoms with Gasteiger partial charge in [0.2, 0.25) is 0 Å². The number of hydrogen-bond donors (Lipinski definition) is 1. The van der Waals surface area contributed by atoms with Crippen LogP contribution in [0.25, 0.3) is 0 Å². The summed E-state index contributed by atoms with van der Waals surface area (Å²) in [5, 5.41) is 3.23. The van der Waals surface area contributed by atoms with Crippen LogP contribution in [0.4, 0.5) is 5.69 Å². The quantitative estimate of drug-likeness (QED) is 0.408. The maximum absolute atomic E-state index is 13.3. The SMILES string of the molecule is CC[N+](CC)(CC(=O)OCc1ccccc1)C(C)C(=O)Nc1c(C)cc(Cl)cc1C(=O)OC. The molecular formula is C25H32ClN2O5+. The number of rotatable bonds is 10. The molecule has 0 heterocycles. The molecule has 33 heavy (non-hydrogen) atoms. The average Bonchev–Trinajstić information content (AvgIpc) is 2.82. The molecular weight excluding hydrogens is 444 g/mol. The van der Waals surface area contributed by atoms with Gasteiger partial charge in [-0.15, -0.1) is 0 Å². The number of nitrogens with one attached hydrogen (secondary N) is 1. The van der Waals surface area contributed by atoms with Crippen molar-refractivity contribution in [3.63, 3.8) is 0 Å². The number of methoxy groups -OCH3 is 1. The fourth-order valence-corrected chi connectivity index (χ4v) is 4.10. The van der Waals surface area contributed by atoms with Crippen LogP contribution in [-0.2, 0) is 25.7 Å². The van der Waals surface area contributed by atoms with Crippen molar-refractivity contribution in [1.82, 2.24) is 0 Å². The Bertz CT molecular complexity index is 990. The second-order valence-electron chi connectivity index (χ2n) is 7.96. The van der Waals surface area contributed by atoms with Gasteiger partial charge in [-0.05, 0) is 51.0 Å². The molecule has 1 N–H and O–H groups in total. The van der Waals surface area contributed by atoms with E-state index in [-0.39, 0.29) is 35.1 Å². The van der Waals surface area contributed by atoms with E-state index in [4.69, 9.17) is 21.1 Å². The number of halogens is 1. The maximum atomic E-state index is 13.3. The second-order valence-corrected chi connectivity index (χ2v) is 8.39. The molecule has 0 fully saturated rings. The summed E-state index contributed by atoms with van der Waals surface area (Å²) in [4.78, 5) is 38.2. The third-order valence-corrected chi connectivity index (χ3v) is 6.32. The fourth-order valence-electron chi connectivity index (χ4n) is 3.83. The lowest BCUT2D eigenvalue weighted by Crippen LogP contribution is -2.60. The summed E-state index contributed by atoms with van der Waals surface area (Å²) < 4.78 is 10.5. The van der Waals surface area contributed by atoms with Gasteiger partial charge in [0.1, 0.15) is 6.61 Å². The van der Waals surface area contributed by atoms with Gasteiger partial charge in [-0.25, -0.2) is 9.59 Å². The Morgan fingerprint density at radius 1 is 1.09 bits per heavy atom. The summed E-state index contributed by atoms with van der Waals surface area (Å²) in [6.45, 7) is 8.73. The van der Waals surface area contributed by atoms with E-state index in [0.717, 1.165) is 5.56 Å². The van der Waals surface area contributed by atoms with E-state index in [0.29, 0.717) is 29.4 Å². The van der Waals surface area contributed by atoms with Crippen LogP contribution in [-0.4, -0.2) is 55.1 Å². The van der Waals surface area contributed by atoms with E-state index < -0.39 is 12.0 Å². The minimum absolute atomic E-state index is 0.0535. The van der Waals surface area contributed by atoms with Crippen LogP contribution in [0.3, 0.4) is 0 Å². The Kier molecular flexibility index (Phi) is 9.44. The first-order valence-electron chi connectivity index (χ1n) is 10.9. The number of ether oxygens (including phenoxy) is 2. The van der Waals surface area contributed by atoms with E-state index in [2.05, 4.69) is 5.32 Å². The highest BCUT2D eigenvalue weighted by Gasteiger charge is 2.39. The lowest BCUT2D eigenvalue weighted by molar-refractivity contribution is -0.931. The van der Waals surface area contributed by atoms with Crippen molar-refractivity contribution < 1.29 is 28.3 Å². The van der Waals surface area contributed by atoms with E-state index in [9.17, 15) is 14.4 Å². The van der Waals surface area contributed by atoms with Crippen LogP contribution < -0.4 is 5.32 Å². The number of quaternary nitrogens is 1. The Hall–Kier alpha value is -2.90. The van der Waals surface area contributed by atoms with Gasteiger partial charge in [0.25, 0.3) is 5.91 Å². The molecule has 7 nitrogen and oxygen atoms in total. The van der Waals surface area contributed by atoms with Crippen molar-refractivity contribution >= 4 is 35.1 Å². The third kappa shape index (κ3) is 6.55. The van der Waals surface area contributed by atoms with Crippen molar-refractivity contribution in [2.24, 2.45) is 0 Å². The number of esters is 2. The molecule has 0 aliphatic heterocycles. The van der Waals surface area contributed by atoms with Gasteiger partial charge in [0.15, 0.2) is 12.6 Å². The molecule has 1 unspecified atom stereocenters. The topological polar surface area (TPSA) is 81.7 Å².